The molecule has 150 valence electrons. The van der Waals surface area contributed by atoms with Crippen LogP contribution in [-0.2, 0) is 6.54 Å². The summed E-state index contributed by atoms with van der Waals surface area (Å²) in [6, 6.07) is 19.6. The standard InChI is InChI=1S/C22H16F2N4OS/c23-16-9-3-1-7-14(16)13-28-19-12-6-2-8-15(19)20(21(28)29)26-27-22(30)25-18-11-5-4-10-17(18)24/h1-12,29H,13H2,(H,25,30). The fourth-order valence-electron chi connectivity index (χ4n) is 3.13. The van der Waals surface area contributed by atoms with Gasteiger partial charge >= 0.3 is 0 Å². The molecular formula is C22H16F2N4OS. The third-order valence-electron chi connectivity index (χ3n) is 4.56. The largest absolute Gasteiger partial charge is 0.493 e. The zero-order valence-electron chi connectivity index (χ0n) is 15.6. The van der Waals surface area contributed by atoms with E-state index in [2.05, 4.69) is 15.5 Å². The fourth-order valence-corrected chi connectivity index (χ4v) is 3.28. The van der Waals surface area contributed by atoms with E-state index >= 15 is 0 Å². The van der Waals surface area contributed by atoms with Crippen molar-refractivity contribution < 1.29 is 13.9 Å². The number of aromatic nitrogens is 1. The maximum atomic E-state index is 14.1. The van der Waals surface area contributed by atoms with Gasteiger partial charge in [-0.15, -0.1) is 10.2 Å². The van der Waals surface area contributed by atoms with Crippen molar-refractivity contribution in [2.45, 2.75) is 6.54 Å². The van der Waals surface area contributed by atoms with E-state index in [9.17, 15) is 13.9 Å². The first-order chi connectivity index (χ1) is 14.5. The number of hydrogen-bond donors (Lipinski definition) is 2. The molecule has 5 nitrogen and oxygen atoms in total. The van der Waals surface area contributed by atoms with Crippen molar-refractivity contribution in [3.05, 3.63) is 90.0 Å². The third kappa shape index (κ3) is 3.90. The number of azo groups is 1. The molecule has 0 radical (unpaired) electrons. The number of hydrogen-bond acceptors (Lipinski definition) is 3. The van der Waals surface area contributed by atoms with Crippen molar-refractivity contribution in [3.8, 4) is 5.88 Å². The van der Waals surface area contributed by atoms with E-state index in [0.717, 1.165) is 0 Å². The van der Waals surface area contributed by atoms with Crippen molar-refractivity contribution in [2.24, 2.45) is 10.2 Å². The molecule has 3 aromatic carbocycles. The fraction of sp³-hybridized carbons (Fsp3) is 0.0455. The van der Waals surface area contributed by atoms with Crippen molar-refractivity contribution >= 4 is 39.6 Å². The minimum absolute atomic E-state index is 0.0644. The molecule has 0 aliphatic heterocycles. The van der Waals surface area contributed by atoms with E-state index in [1.807, 2.05) is 6.07 Å². The highest BCUT2D eigenvalue weighted by Gasteiger charge is 2.17. The van der Waals surface area contributed by atoms with Crippen LogP contribution >= 0.6 is 12.2 Å². The topological polar surface area (TPSA) is 61.9 Å². The minimum atomic E-state index is -0.473. The molecule has 0 aliphatic carbocycles. The number of anilines is 1. The predicted molar refractivity (Wildman–Crippen MR) is 116 cm³/mol. The molecule has 8 heteroatoms. The van der Waals surface area contributed by atoms with Gasteiger partial charge in [-0.1, -0.05) is 48.5 Å². The summed E-state index contributed by atoms with van der Waals surface area (Å²) >= 11 is 5.11. The van der Waals surface area contributed by atoms with E-state index in [0.29, 0.717) is 16.5 Å². The lowest BCUT2D eigenvalue weighted by atomic mass is 10.2. The summed E-state index contributed by atoms with van der Waals surface area (Å²) in [5, 5.41) is 22.0. The molecular weight excluding hydrogens is 406 g/mol. The Kier molecular flexibility index (Phi) is 5.49. The lowest BCUT2D eigenvalue weighted by Gasteiger charge is -2.08. The normalized spacial score (nSPS) is 11.3. The number of aromatic hydroxyl groups is 1. The summed E-state index contributed by atoms with van der Waals surface area (Å²) in [5.41, 5.74) is 1.46. The van der Waals surface area contributed by atoms with Gasteiger partial charge in [-0.05, 0) is 36.5 Å². The molecule has 0 fully saturated rings. The van der Waals surface area contributed by atoms with E-state index in [1.165, 1.54) is 18.2 Å². The van der Waals surface area contributed by atoms with E-state index in [4.69, 9.17) is 12.2 Å². The Morgan fingerprint density at radius 1 is 0.933 bits per heavy atom. The van der Waals surface area contributed by atoms with Gasteiger partial charge in [0.15, 0.2) is 5.69 Å². The monoisotopic (exact) mass is 422 g/mol. The zero-order chi connectivity index (χ0) is 21.1. The summed E-state index contributed by atoms with van der Waals surface area (Å²) in [6.07, 6.45) is 0. The third-order valence-corrected chi connectivity index (χ3v) is 4.74. The average molecular weight is 422 g/mol. The minimum Gasteiger partial charge on any atom is -0.493 e. The first-order valence-corrected chi connectivity index (χ1v) is 9.46. The highest BCUT2D eigenvalue weighted by atomic mass is 32.1. The zero-order valence-corrected chi connectivity index (χ0v) is 16.4. The number of benzene rings is 3. The lowest BCUT2D eigenvalue weighted by Crippen LogP contribution is -2.06. The van der Waals surface area contributed by atoms with Crippen LogP contribution in [-0.4, -0.2) is 14.8 Å². The molecule has 4 rings (SSSR count). The quantitative estimate of drug-likeness (QED) is 0.306. The first-order valence-electron chi connectivity index (χ1n) is 9.05. The van der Waals surface area contributed by atoms with E-state index in [1.54, 1.807) is 53.1 Å². The van der Waals surface area contributed by atoms with Crippen molar-refractivity contribution in [2.75, 3.05) is 5.32 Å². The van der Waals surface area contributed by atoms with Crippen LogP contribution in [0, 0.1) is 11.6 Å². The number of fused-ring (bicyclic) bond motifs is 1. The number of nitrogens with zero attached hydrogens (tertiary/aromatic N) is 3. The van der Waals surface area contributed by atoms with Crippen LogP contribution in [0.4, 0.5) is 20.2 Å². The Labute approximate surface area is 176 Å². The second-order valence-electron chi connectivity index (χ2n) is 6.48. The van der Waals surface area contributed by atoms with Gasteiger partial charge < -0.3 is 15.0 Å². The van der Waals surface area contributed by atoms with Crippen molar-refractivity contribution in [3.63, 3.8) is 0 Å². The Morgan fingerprint density at radius 2 is 1.60 bits per heavy atom. The van der Waals surface area contributed by atoms with Crippen LogP contribution in [0.25, 0.3) is 10.9 Å². The van der Waals surface area contributed by atoms with E-state index < -0.39 is 5.82 Å². The van der Waals surface area contributed by atoms with Gasteiger partial charge in [0.2, 0.25) is 11.0 Å². The average Bonchev–Trinajstić information content (AvgIpc) is 3.01. The molecule has 1 aromatic heterocycles. The second kappa shape index (κ2) is 8.38. The van der Waals surface area contributed by atoms with Gasteiger partial charge in [0, 0.05) is 10.9 Å². The number of rotatable bonds is 4. The van der Waals surface area contributed by atoms with Crippen molar-refractivity contribution in [1.82, 2.24) is 4.57 Å². The van der Waals surface area contributed by atoms with Crippen LogP contribution in [0.3, 0.4) is 0 Å². The summed E-state index contributed by atoms with van der Waals surface area (Å²) in [7, 11) is 0. The number of para-hydroxylation sites is 2. The highest BCUT2D eigenvalue weighted by Crippen LogP contribution is 2.39. The van der Waals surface area contributed by atoms with Crippen molar-refractivity contribution in [1.29, 1.82) is 0 Å². The van der Waals surface area contributed by atoms with Gasteiger partial charge in [0.25, 0.3) is 0 Å². The second-order valence-corrected chi connectivity index (χ2v) is 6.86. The molecule has 0 amide bonds. The van der Waals surface area contributed by atoms with Crippen LogP contribution in [0.1, 0.15) is 5.56 Å². The molecule has 2 N–H and O–H groups in total. The number of thiocarbonyl (C=S) groups is 1. The lowest BCUT2D eigenvalue weighted by molar-refractivity contribution is 0.428. The Bertz CT molecular complexity index is 1270. The first kappa shape index (κ1) is 19.7. The number of nitrogens with one attached hydrogen (secondary N) is 1. The molecule has 0 atom stereocenters. The Hall–Kier alpha value is -3.65. The van der Waals surface area contributed by atoms with Crippen LogP contribution in [0.15, 0.2) is 83.0 Å². The molecule has 0 spiro atoms. The Morgan fingerprint density at radius 3 is 2.37 bits per heavy atom. The van der Waals surface area contributed by atoms with Gasteiger partial charge in [-0.3, -0.25) is 0 Å². The molecule has 4 aromatic rings. The maximum Gasteiger partial charge on any atom is 0.221 e. The molecule has 0 saturated heterocycles. The SMILES string of the molecule is Oc1c(N=NC(=S)Nc2ccccc2F)c2ccccc2n1Cc1ccccc1F. The molecule has 0 aliphatic rings. The predicted octanol–water partition coefficient (Wildman–Crippen LogP) is 6.15. The van der Waals surface area contributed by atoms with E-state index in [-0.39, 0.29) is 34.7 Å². The summed E-state index contributed by atoms with van der Waals surface area (Å²) < 4.78 is 29.4. The van der Waals surface area contributed by atoms with Crippen LogP contribution in [0.5, 0.6) is 5.88 Å². The Balaban J connectivity index is 1.67. The molecule has 0 bridgehead atoms. The van der Waals surface area contributed by atoms with Gasteiger partial charge in [-0.2, -0.15) is 0 Å². The van der Waals surface area contributed by atoms with Gasteiger partial charge in [0.05, 0.1) is 17.7 Å². The van der Waals surface area contributed by atoms with Gasteiger partial charge in [-0.25, -0.2) is 8.78 Å². The molecule has 1 heterocycles. The summed E-state index contributed by atoms with van der Waals surface area (Å²) in [6.45, 7) is 0.118. The summed E-state index contributed by atoms with van der Waals surface area (Å²) in [5.74, 6) is -1.01. The van der Waals surface area contributed by atoms with Gasteiger partial charge in [0.1, 0.15) is 11.6 Å². The maximum absolute atomic E-state index is 14.1. The smallest absolute Gasteiger partial charge is 0.221 e. The highest BCUT2D eigenvalue weighted by molar-refractivity contribution is 7.80. The molecule has 0 unspecified atom stereocenters. The van der Waals surface area contributed by atoms with Crippen LogP contribution < -0.4 is 5.32 Å². The molecule has 0 saturated carbocycles. The number of halogens is 2. The van der Waals surface area contributed by atoms with Crippen LogP contribution in [0.2, 0.25) is 0 Å². The molecule has 30 heavy (non-hydrogen) atoms. The summed E-state index contributed by atoms with van der Waals surface area (Å²) in [4.78, 5) is 0.